The van der Waals surface area contributed by atoms with Crippen molar-refractivity contribution in [1.82, 2.24) is 10.2 Å². The summed E-state index contributed by atoms with van der Waals surface area (Å²) in [4.78, 5) is 0. The second-order valence-electron chi connectivity index (χ2n) is 4.27. The fourth-order valence-electron chi connectivity index (χ4n) is 2.21. The van der Waals surface area contributed by atoms with Gasteiger partial charge in [-0.2, -0.15) is 0 Å². The number of nitrogens with one attached hydrogen (secondary N) is 1. The smallest absolute Gasteiger partial charge is 0.205 e. The highest BCUT2D eigenvalue weighted by Gasteiger charge is 2.31. The lowest BCUT2D eigenvalue weighted by Crippen LogP contribution is -2.34. The van der Waals surface area contributed by atoms with Gasteiger partial charge in [-0.25, -0.2) is 0 Å². The maximum absolute atomic E-state index is 6.18. The number of aromatic nitrogens is 2. The minimum atomic E-state index is 0.504. The minimum Gasteiger partial charge on any atom is -0.357 e. The van der Waals surface area contributed by atoms with Gasteiger partial charge in [0.1, 0.15) is 5.51 Å². The van der Waals surface area contributed by atoms with Gasteiger partial charge in [0.15, 0.2) is 0 Å². The van der Waals surface area contributed by atoms with Crippen molar-refractivity contribution in [3.63, 3.8) is 0 Å². The van der Waals surface area contributed by atoms with Gasteiger partial charge in [-0.05, 0) is 30.4 Å². The summed E-state index contributed by atoms with van der Waals surface area (Å²) in [6.07, 6.45) is 2.23. The van der Waals surface area contributed by atoms with Crippen molar-refractivity contribution >= 4 is 28.1 Å². The first-order chi connectivity index (χ1) is 8.33. The molecule has 2 aromatic rings. The van der Waals surface area contributed by atoms with Gasteiger partial charge in [0.2, 0.25) is 5.13 Å². The summed E-state index contributed by atoms with van der Waals surface area (Å²) in [6, 6.07) is 8.61. The molecule has 3 nitrogen and oxygen atoms in total. The molecular formula is C12H12ClN3S. The van der Waals surface area contributed by atoms with E-state index in [-0.39, 0.29) is 0 Å². The van der Waals surface area contributed by atoms with Crippen molar-refractivity contribution in [2.45, 2.75) is 24.8 Å². The lowest BCUT2D eigenvalue weighted by molar-refractivity contribution is 0.374. The number of benzene rings is 1. The van der Waals surface area contributed by atoms with E-state index in [0.29, 0.717) is 12.0 Å². The molecule has 0 radical (unpaired) electrons. The predicted molar refractivity (Wildman–Crippen MR) is 70.7 cm³/mol. The lowest BCUT2D eigenvalue weighted by atomic mass is 9.76. The van der Waals surface area contributed by atoms with Crippen molar-refractivity contribution in [2.24, 2.45) is 0 Å². The van der Waals surface area contributed by atoms with Crippen LogP contribution in [0.4, 0.5) is 5.13 Å². The van der Waals surface area contributed by atoms with Crippen LogP contribution in [0.2, 0.25) is 5.02 Å². The number of halogens is 1. The zero-order valence-corrected chi connectivity index (χ0v) is 10.7. The molecule has 0 spiro atoms. The van der Waals surface area contributed by atoms with Gasteiger partial charge >= 0.3 is 0 Å². The average Bonchev–Trinajstić information content (AvgIpc) is 2.77. The molecular weight excluding hydrogens is 254 g/mol. The van der Waals surface area contributed by atoms with E-state index in [1.165, 1.54) is 5.56 Å². The quantitative estimate of drug-likeness (QED) is 0.922. The Kier molecular flexibility index (Phi) is 2.99. The number of anilines is 1. The third-order valence-electron chi connectivity index (χ3n) is 3.17. The highest BCUT2D eigenvalue weighted by Crippen LogP contribution is 2.41. The normalized spacial score (nSPS) is 23.1. The zero-order valence-electron chi connectivity index (χ0n) is 9.14. The van der Waals surface area contributed by atoms with Crippen LogP contribution in [0.1, 0.15) is 24.3 Å². The predicted octanol–water partition coefficient (Wildman–Crippen LogP) is 3.55. The molecule has 0 amide bonds. The fraction of sp³-hybridized carbons (Fsp3) is 0.333. The summed E-state index contributed by atoms with van der Waals surface area (Å²) in [5, 5.41) is 13.0. The van der Waals surface area contributed by atoms with E-state index < -0.39 is 0 Å². The molecule has 1 saturated carbocycles. The summed E-state index contributed by atoms with van der Waals surface area (Å²) in [7, 11) is 0. The van der Waals surface area contributed by atoms with E-state index >= 15 is 0 Å². The summed E-state index contributed by atoms with van der Waals surface area (Å²) in [5.74, 6) is 0.578. The molecule has 0 saturated heterocycles. The molecule has 1 heterocycles. The van der Waals surface area contributed by atoms with E-state index in [1.54, 1.807) is 16.8 Å². The van der Waals surface area contributed by atoms with Crippen molar-refractivity contribution in [3.05, 3.63) is 40.4 Å². The first-order valence-electron chi connectivity index (χ1n) is 5.60. The van der Waals surface area contributed by atoms with Crippen molar-refractivity contribution < 1.29 is 0 Å². The Morgan fingerprint density at radius 1 is 1.29 bits per heavy atom. The van der Waals surface area contributed by atoms with Crippen LogP contribution < -0.4 is 5.32 Å². The van der Waals surface area contributed by atoms with Gasteiger partial charge < -0.3 is 5.32 Å². The topological polar surface area (TPSA) is 37.8 Å². The Bertz CT molecular complexity index is 494. The fourth-order valence-corrected chi connectivity index (χ4v) is 3.02. The third-order valence-corrected chi connectivity index (χ3v) is 4.14. The average molecular weight is 266 g/mol. The summed E-state index contributed by atoms with van der Waals surface area (Å²) in [5.41, 5.74) is 3.01. The second kappa shape index (κ2) is 4.63. The van der Waals surface area contributed by atoms with E-state index in [4.69, 9.17) is 11.6 Å². The number of rotatable bonds is 3. The van der Waals surface area contributed by atoms with Crippen LogP contribution in [0, 0.1) is 0 Å². The zero-order chi connectivity index (χ0) is 11.7. The summed E-state index contributed by atoms with van der Waals surface area (Å²) >= 11 is 7.72. The minimum absolute atomic E-state index is 0.504. The Labute approximate surface area is 109 Å². The molecule has 1 fully saturated rings. The number of hydrogen-bond donors (Lipinski definition) is 1. The van der Waals surface area contributed by atoms with Crippen LogP contribution in [0.3, 0.4) is 0 Å². The van der Waals surface area contributed by atoms with E-state index in [9.17, 15) is 0 Å². The molecule has 1 aliphatic rings. The molecule has 0 aliphatic heterocycles. The number of hydrogen-bond acceptors (Lipinski definition) is 4. The van der Waals surface area contributed by atoms with Gasteiger partial charge in [-0.15, -0.1) is 10.2 Å². The first kappa shape index (κ1) is 11.0. The van der Waals surface area contributed by atoms with Crippen LogP contribution in [-0.2, 0) is 0 Å². The molecule has 1 aromatic carbocycles. The standard InChI is InChI=1S/C12H12ClN3S/c13-11-4-2-1-3-10(11)8-5-9(6-8)15-12-16-14-7-17-12/h1-4,7-9H,5-6H2,(H,15,16). The Morgan fingerprint density at radius 2 is 2.12 bits per heavy atom. The van der Waals surface area contributed by atoms with E-state index in [2.05, 4.69) is 21.6 Å². The Hall–Kier alpha value is -1.13. The largest absolute Gasteiger partial charge is 0.357 e. The second-order valence-corrected chi connectivity index (χ2v) is 5.52. The highest BCUT2D eigenvalue weighted by molar-refractivity contribution is 7.13. The maximum atomic E-state index is 6.18. The van der Waals surface area contributed by atoms with Crippen LogP contribution in [-0.4, -0.2) is 16.2 Å². The molecule has 1 aromatic heterocycles. The lowest BCUT2D eigenvalue weighted by Gasteiger charge is -2.36. The van der Waals surface area contributed by atoms with Gasteiger partial charge in [0, 0.05) is 11.1 Å². The maximum Gasteiger partial charge on any atom is 0.205 e. The number of nitrogens with zero attached hydrogens (tertiary/aromatic N) is 2. The van der Waals surface area contributed by atoms with Crippen LogP contribution in [0.25, 0.3) is 0 Å². The molecule has 3 rings (SSSR count). The molecule has 0 bridgehead atoms. The van der Waals surface area contributed by atoms with Crippen LogP contribution in [0.15, 0.2) is 29.8 Å². The van der Waals surface area contributed by atoms with Crippen molar-refractivity contribution in [2.75, 3.05) is 5.32 Å². The molecule has 0 atom stereocenters. The first-order valence-corrected chi connectivity index (χ1v) is 6.86. The molecule has 1 N–H and O–H groups in total. The monoisotopic (exact) mass is 265 g/mol. The SMILES string of the molecule is Clc1ccccc1C1CC(Nc2nncs2)C1. The molecule has 5 heteroatoms. The molecule has 17 heavy (non-hydrogen) atoms. The summed E-state index contributed by atoms with van der Waals surface area (Å²) < 4.78 is 0. The van der Waals surface area contributed by atoms with Gasteiger partial charge in [0.05, 0.1) is 0 Å². The highest BCUT2D eigenvalue weighted by atomic mass is 35.5. The van der Waals surface area contributed by atoms with Crippen molar-refractivity contribution in [1.29, 1.82) is 0 Å². The van der Waals surface area contributed by atoms with E-state index in [0.717, 1.165) is 23.0 Å². The van der Waals surface area contributed by atoms with Gasteiger partial charge in [-0.3, -0.25) is 0 Å². The van der Waals surface area contributed by atoms with Gasteiger partial charge in [-0.1, -0.05) is 41.1 Å². The van der Waals surface area contributed by atoms with E-state index in [1.807, 2.05) is 18.2 Å². The van der Waals surface area contributed by atoms with Crippen molar-refractivity contribution in [3.8, 4) is 0 Å². The molecule has 1 aliphatic carbocycles. The van der Waals surface area contributed by atoms with Crippen LogP contribution >= 0.6 is 22.9 Å². The van der Waals surface area contributed by atoms with Gasteiger partial charge in [0.25, 0.3) is 0 Å². The van der Waals surface area contributed by atoms with Crippen LogP contribution in [0.5, 0.6) is 0 Å². The third kappa shape index (κ3) is 2.28. The Morgan fingerprint density at radius 3 is 2.82 bits per heavy atom. The summed E-state index contributed by atoms with van der Waals surface area (Å²) in [6.45, 7) is 0. The molecule has 88 valence electrons. The molecule has 0 unspecified atom stereocenters. The Balaban J connectivity index is 1.60.